The number of benzene rings is 2. The molecule has 1 aliphatic heterocycles. The summed E-state index contributed by atoms with van der Waals surface area (Å²) in [7, 11) is 0. The first-order chi connectivity index (χ1) is 9.38. The lowest BCUT2D eigenvalue weighted by molar-refractivity contribution is 0.913. The second-order valence-electron chi connectivity index (χ2n) is 4.69. The lowest BCUT2D eigenvalue weighted by Crippen LogP contribution is -2.11. The molecule has 3 nitrogen and oxygen atoms in total. The smallest absolute Gasteiger partial charge is 0.181 e. The van der Waals surface area contributed by atoms with Gasteiger partial charge in [-0.05, 0) is 41.7 Å². The Bertz CT molecular complexity index is 641. The molecule has 0 saturated heterocycles. The molecule has 0 aliphatic carbocycles. The van der Waals surface area contributed by atoms with E-state index >= 15 is 0 Å². The van der Waals surface area contributed by atoms with Gasteiger partial charge in [0.15, 0.2) is 6.19 Å². The second kappa shape index (κ2) is 5.03. The lowest BCUT2D eigenvalue weighted by Gasteiger charge is -2.20. The molecule has 0 spiro atoms. The third-order valence-electron chi connectivity index (χ3n) is 3.60. The van der Waals surface area contributed by atoms with Gasteiger partial charge in [-0.3, -0.25) is 5.32 Å². The molecule has 0 aromatic heterocycles. The fraction of sp³-hybridized carbons (Fsp3) is 0.188. The van der Waals surface area contributed by atoms with Crippen molar-refractivity contribution in [1.82, 2.24) is 0 Å². The average molecular weight is 249 g/mol. The molecule has 0 bridgehead atoms. The maximum absolute atomic E-state index is 8.82. The molecule has 3 heteroatoms. The van der Waals surface area contributed by atoms with Gasteiger partial charge in [0.2, 0.25) is 0 Å². The van der Waals surface area contributed by atoms with E-state index in [4.69, 9.17) is 5.26 Å². The van der Waals surface area contributed by atoms with Crippen LogP contribution in [0.25, 0.3) is 0 Å². The first-order valence-corrected chi connectivity index (χ1v) is 6.46. The monoisotopic (exact) mass is 249 g/mol. The molecule has 0 amide bonds. The Morgan fingerprint density at radius 2 is 1.84 bits per heavy atom. The molecule has 0 fully saturated rings. The van der Waals surface area contributed by atoms with E-state index in [1.165, 1.54) is 16.7 Å². The predicted octanol–water partition coefficient (Wildman–Crippen LogP) is 3.29. The van der Waals surface area contributed by atoms with Gasteiger partial charge in [0.25, 0.3) is 0 Å². The van der Waals surface area contributed by atoms with E-state index in [-0.39, 0.29) is 0 Å². The van der Waals surface area contributed by atoms with Crippen LogP contribution in [0, 0.1) is 11.5 Å². The Labute approximate surface area is 112 Å². The minimum atomic E-state index is 0.833. The highest BCUT2D eigenvalue weighted by atomic mass is 14.9. The maximum Gasteiger partial charge on any atom is 0.181 e. The van der Waals surface area contributed by atoms with E-state index in [1.807, 2.05) is 18.3 Å². The van der Waals surface area contributed by atoms with Gasteiger partial charge < -0.3 is 5.32 Å². The minimum absolute atomic E-state index is 0.833. The zero-order chi connectivity index (χ0) is 13.1. The molecule has 1 heterocycles. The van der Waals surface area contributed by atoms with Crippen LogP contribution in [-0.4, -0.2) is 0 Å². The molecular formula is C16H15N3. The normalized spacial score (nSPS) is 13.0. The van der Waals surface area contributed by atoms with Crippen LogP contribution in [0.3, 0.4) is 0 Å². The van der Waals surface area contributed by atoms with Crippen LogP contribution in [0.4, 0.5) is 11.4 Å². The molecule has 2 aromatic carbocycles. The summed E-state index contributed by atoms with van der Waals surface area (Å²) in [6.45, 7) is 0.833. The van der Waals surface area contributed by atoms with Crippen LogP contribution < -0.4 is 10.6 Å². The Morgan fingerprint density at radius 3 is 2.68 bits per heavy atom. The van der Waals surface area contributed by atoms with Crippen LogP contribution in [-0.2, 0) is 19.4 Å². The zero-order valence-electron chi connectivity index (χ0n) is 10.6. The molecular weight excluding hydrogens is 234 g/mol. The lowest BCUT2D eigenvalue weighted by atomic mass is 9.95. The number of rotatable bonds is 1. The minimum Gasteiger partial charge on any atom is -0.381 e. The van der Waals surface area contributed by atoms with Crippen molar-refractivity contribution < 1.29 is 0 Å². The van der Waals surface area contributed by atoms with E-state index in [2.05, 4.69) is 41.0 Å². The third-order valence-corrected chi connectivity index (χ3v) is 3.60. The maximum atomic E-state index is 8.82. The number of fused-ring (bicyclic) bond motifs is 2. The van der Waals surface area contributed by atoms with Crippen molar-refractivity contribution in [2.24, 2.45) is 0 Å². The molecule has 19 heavy (non-hydrogen) atoms. The summed E-state index contributed by atoms with van der Waals surface area (Å²) < 4.78 is 0. The van der Waals surface area contributed by atoms with Crippen LogP contribution in [0.5, 0.6) is 0 Å². The van der Waals surface area contributed by atoms with Crippen LogP contribution >= 0.6 is 0 Å². The molecule has 1 aliphatic rings. The van der Waals surface area contributed by atoms with Crippen molar-refractivity contribution in [2.75, 3.05) is 10.6 Å². The number of nitriles is 1. The van der Waals surface area contributed by atoms with E-state index in [0.717, 1.165) is 30.8 Å². The van der Waals surface area contributed by atoms with E-state index in [1.54, 1.807) is 0 Å². The van der Waals surface area contributed by atoms with Gasteiger partial charge in [0, 0.05) is 12.2 Å². The fourth-order valence-electron chi connectivity index (χ4n) is 2.62. The molecule has 0 atom stereocenters. The summed E-state index contributed by atoms with van der Waals surface area (Å²) in [6.07, 6.45) is 3.96. The Hall–Kier alpha value is -2.47. The van der Waals surface area contributed by atoms with Crippen LogP contribution in [0.15, 0.2) is 42.5 Å². The van der Waals surface area contributed by atoms with Gasteiger partial charge in [0.1, 0.15) is 0 Å². The number of hydrogen-bond donors (Lipinski definition) is 2. The molecule has 0 radical (unpaired) electrons. The van der Waals surface area contributed by atoms with Gasteiger partial charge in [-0.25, -0.2) is 0 Å². The number of hydrogen-bond acceptors (Lipinski definition) is 3. The molecule has 0 saturated carbocycles. The van der Waals surface area contributed by atoms with Gasteiger partial charge in [-0.2, -0.15) is 5.26 Å². The molecule has 3 rings (SSSR count). The Balaban J connectivity index is 1.98. The number of nitrogens with zero attached hydrogens (tertiary/aromatic N) is 1. The van der Waals surface area contributed by atoms with Gasteiger partial charge >= 0.3 is 0 Å². The van der Waals surface area contributed by atoms with Crippen molar-refractivity contribution in [3.05, 3.63) is 59.2 Å². The van der Waals surface area contributed by atoms with Crippen molar-refractivity contribution in [1.29, 1.82) is 5.26 Å². The van der Waals surface area contributed by atoms with Crippen LogP contribution in [0.2, 0.25) is 0 Å². The highest BCUT2D eigenvalue weighted by Crippen LogP contribution is 2.29. The van der Waals surface area contributed by atoms with Gasteiger partial charge in [-0.1, -0.05) is 30.3 Å². The number of aryl methyl sites for hydroxylation is 1. The van der Waals surface area contributed by atoms with Crippen molar-refractivity contribution in [3.8, 4) is 6.19 Å². The van der Waals surface area contributed by atoms with Gasteiger partial charge in [-0.15, -0.1) is 0 Å². The standard InChI is InChI=1S/C16H15N3/c17-11-19-16-7-3-6-15-14(16)9-8-12-4-1-2-5-13(12)10-18-15/h1-7,18-19H,8-10H2. The summed E-state index contributed by atoms with van der Waals surface area (Å²) in [5, 5.41) is 15.1. The summed E-state index contributed by atoms with van der Waals surface area (Å²) in [4.78, 5) is 0. The van der Waals surface area contributed by atoms with Gasteiger partial charge in [0.05, 0.1) is 5.69 Å². The highest BCUT2D eigenvalue weighted by molar-refractivity contribution is 5.67. The Kier molecular flexibility index (Phi) is 3.07. The molecule has 0 unspecified atom stereocenters. The largest absolute Gasteiger partial charge is 0.381 e. The van der Waals surface area contributed by atoms with Crippen molar-refractivity contribution in [3.63, 3.8) is 0 Å². The number of nitrogens with one attached hydrogen (secondary N) is 2. The van der Waals surface area contributed by atoms with Crippen LogP contribution in [0.1, 0.15) is 16.7 Å². The topological polar surface area (TPSA) is 47.9 Å². The molecule has 94 valence electrons. The molecule has 2 N–H and O–H groups in total. The second-order valence-corrected chi connectivity index (χ2v) is 4.69. The summed E-state index contributed by atoms with van der Waals surface area (Å²) in [5.41, 5.74) is 5.96. The quantitative estimate of drug-likeness (QED) is 0.602. The summed E-state index contributed by atoms with van der Waals surface area (Å²) in [6, 6.07) is 14.5. The summed E-state index contributed by atoms with van der Waals surface area (Å²) in [5.74, 6) is 0. The first kappa shape index (κ1) is 11.6. The summed E-state index contributed by atoms with van der Waals surface area (Å²) >= 11 is 0. The zero-order valence-corrected chi connectivity index (χ0v) is 10.6. The predicted molar refractivity (Wildman–Crippen MR) is 76.9 cm³/mol. The number of anilines is 2. The van der Waals surface area contributed by atoms with Crippen molar-refractivity contribution >= 4 is 11.4 Å². The molecule has 2 aromatic rings. The van der Waals surface area contributed by atoms with E-state index < -0.39 is 0 Å². The van der Waals surface area contributed by atoms with Crippen molar-refractivity contribution in [2.45, 2.75) is 19.4 Å². The fourth-order valence-corrected chi connectivity index (χ4v) is 2.62. The first-order valence-electron chi connectivity index (χ1n) is 6.46. The highest BCUT2D eigenvalue weighted by Gasteiger charge is 2.13. The van der Waals surface area contributed by atoms with E-state index in [0.29, 0.717) is 0 Å². The van der Waals surface area contributed by atoms with E-state index in [9.17, 15) is 0 Å². The average Bonchev–Trinajstić information content (AvgIpc) is 2.42. The third kappa shape index (κ3) is 2.25. The SMILES string of the molecule is N#CNc1cccc2c1CCc1ccccc1CN2. The Morgan fingerprint density at radius 1 is 1.00 bits per heavy atom.